The Morgan fingerprint density at radius 1 is 0.364 bits per heavy atom. The average molecular weight is 560 g/mol. The molecule has 1 aliphatic rings. The predicted octanol–water partition coefficient (Wildman–Crippen LogP) is 11.3. The van der Waals surface area contributed by atoms with E-state index in [0.29, 0.717) is 0 Å². The molecule has 0 N–H and O–H groups in total. The highest BCUT2D eigenvalue weighted by Crippen LogP contribution is 2.49. The maximum absolute atomic E-state index is 2.41. The molecule has 0 saturated heterocycles. The molecule has 0 spiro atoms. The topological polar surface area (TPSA) is 4.93 Å². The van der Waals surface area contributed by atoms with Crippen LogP contribution in [-0.4, -0.2) is 4.57 Å². The standard InChI is InChI=1S/C43H29N/c1-3-12-29(13-4-1)30-14-11-15-33(26-30)43-38-20-8-7-18-35(38)40-27-31(23-25-39(40)43)32-22-24-37-36-19-9-10-21-41(36)44(42(37)28-32)34-16-5-2-6-17-34/h1-28,43H. The van der Waals surface area contributed by atoms with E-state index >= 15 is 0 Å². The van der Waals surface area contributed by atoms with E-state index in [-0.39, 0.29) is 5.92 Å². The molecular formula is C43H29N. The number of hydrogen-bond donors (Lipinski definition) is 0. The van der Waals surface area contributed by atoms with Crippen LogP contribution < -0.4 is 0 Å². The van der Waals surface area contributed by atoms with Gasteiger partial charge in [0.2, 0.25) is 0 Å². The second kappa shape index (κ2) is 9.97. The van der Waals surface area contributed by atoms with Crippen molar-refractivity contribution in [2.45, 2.75) is 5.92 Å². The molecule has 0 fully saturated rings. The Labute approximate surface area is 257 Å². The first-order chi connectivity index (χ1) is 21.8. The molecule has 1 heterocycles. The molecule has 1 atom stereocenters. The summed E-state index contributed by atoms with van der Waals surface area (Å²) in [5.74, 6) is 0.210. The molecule has 44 heavy (non-hydrogen) atoms. The molecule has 8 aromatic rings. The number of nitrogens with zero attached hydrogens (tertiary/aromatic N) is 1. The predicted molar refractivity (Wildman–Crippen MR) is 184 cm³/mol. The number of rotatable bonds is 4. The van der Waals surface area contributed by atoms with Crippen molar-refractivity contribution in [2.75, 3.05) is 0 Å². The van der Waals surface area contributed by atoms with Crippen molar-refractivity contribution in [3.8, 4) is 39.1 Å². The van der Waals surface area contributed by atoms with Gasteiger partial charge in [0.25, 0.3) is 0 Å². The zero-order valence-electron chi connectivity index (χ0n) is 24.2. The Morgan fingerprint density at radius 3 is 1.89 bits per heavy atom. The molecule has 7 aromatic carbocycles. The first-order valence-corrected chi connectivity index (χ1v) is 15.3. The third-order valence-corrected chi connectivity index (χ3v) is 9.27. The molecule has 206 valence electrons. The Kier molecular flexibility index (Phi) is 5.64. The largest absolute Gasteiger partial charge is 0.309 e. The summed E-state index contributed by atoms with van der Waals surface area (Å²) in [6, 6.07) is 62.1. The lowest BCUT2D eigenvalue weighted by molar-refractivity contribution is 1.02. The van der Waals surface area contributed by atoms with Gasteiger partial charge in [-0.25, -0.2) is 0 Å². The summed E-state index contributed by atoms with van der Waals surface area (Å²) in [4.78, 5) is 0. The fourth-order valence-corrected chi connectivity index (χ4v) is 7.28. The van der Waals surface area contributed by atoms with E-state index in [4.69, 9.17) is 0 Å². The van der Waals surface area contributed by atoms with Crippen LogP contribution >= 0.6 is 0 Å². The van der Waals surface area contributed by atoms with Crippen LogP contribution in [0.15, 0.2) is 170 Å². The molecule has 1 unspecified atom stereocenters. The van der Waals surface area contributed by atoms with E-state index in [1.54, 1.807) is 0 Å². The van der Waals surface area contributed by atoms with Gasteiger partial charge in [-0.05, 0) is 80.4 Å². The number of hydrogen-bond acceptors (Lipinski definition) is 0. The minimum absolute atomic E-state index is 0.210. The Bertz CT molecular complexity index is 2330. The Hall–Kier alpha value is -5.66. The van der Waals surface area contributed by atoms with Crippen LogP contribution in [0, 0.1) is 0 Å². The molecule has 0 aliphatic heterocycles. The van der Waals surface area contributed by atoms with Crippen LogP contribution in [0.1, 0.15) is 22.6 Å². The summed E-state index contributed by atoms with van der Waals surface area (Å²) in [7, 11) is 0. The minimum atomic E-state index is 0.210. The average Bonchev–Trinajstić information content (AvgIpc) is 3.61. The maximum Gasteiger partial charge on any atom is 0.0547 e. The highest BCUT2D eigenvalue weighted by molar-refractivity contribution is 6.10. The lowest BCUT2D eigenvalue weighted by Gasteiger charge is -2.16. The molecule has 1 nitrogen and oxygen atoms in total. The van der Waals surface area contributed by atoms with Crippen LogP contribution in [0.5, 0.6) is 0 Å². The van der Waals surface area contributed by atoms with Crippen molar-refractivity contribution >= 4 is 21.8 Å². The van der Waals surface area contributed by atoms with Crippen LogP contribution in [-0.2, 0) is 0 Å². The van der Waals surface area contributed by atoms with Gasteiger partial charge in [-0.3, -0.25) is 0 Å². The lowest BCUT2D eigenvalue weighted by Crippen LogP contribution is -1.99. The van der Waals surface area contributed by atoms with Crippen LogP contribution in [0.3, 0.4) is 0 Å². The third-order valence-electron chi connectivity index (χ3n) is 9.27. The summed E-state index contributed by atoms with van der Waals surface area (Å²) in [6.45, 7) is 0. The van der Waals surface area contributed by atoms with Crippen molar-refractivity contribution in [1.82, 2.24) is 4.57 Å². The van der Waals surface area contributed by atoms with Crippen molar-refractivity contribution < 1.29 is 0 Å². The van der Waals surface area contributed by atoms with Gasteiger partial charge in [0, 0.05) is 22.4 Å². The number of benzene rings is 7. The van der Waals surface area contributed by atoms with Crippen molar-refractivity contribution in [3.63, 3.8) is 0 Å². The Balaban J connectivity index is 1.20. The summed E-state index contributed by atoms with van der Waals surface area (Å²) in [5, 5.41) is 2.56. The van der Waals surface area contributed by atoms with Crippen LogP contribution in [0.25, 0.3) is 60.9 Å². The molecule has 1 heteroatoms. The van der Waals surface area contributed by atoms with Gasteiger partial charge >= 0.3 is 0 Å². The number of para-hydroxylation sites is 2. The number of fused-ring (bicyclic) bond motifs is 6. The zero-order chi connectivity index (χ0) is 29.0. The molecule has 9 rings (SSSR count). The van der Waals surface area contributed by atoms with E-state index in [1.165, 1.54) is 77.6 Å². The fraction of sp³-hybridized carbons (Fsp3) is 0.0233. The summed E-state index contributed by atoms with van der Waals surface area (Å²) in [5.41, 5.74) is 15.4. The van der Waals surface area contributed by atoms with Crippen molar-refractivity contribution in [2.24, 2.45) is 0 Å². The fourth-order valence-electron chi connectivity index (χ4n) is 7.28. The Morgan fingerprint density at radius 2 is 1.00 bits per heavy atom. The summed E-state index contributed by atoms with van der Waals surface area (Å²) >= 11 is 0. The van der Waals surface area contributed by atoms with Crippen LogP contribution in [0.2, 0.25) is 0 Å². The maximum atomic E-state index is 2.41. The highest BCUT2D eigenvalue weighted by Gasteiger charge is 2.30. The second-order valence-electron chi connectivity index (χ2n) is 11.7. The third kappa shape index (κ3) is 3.87. The molecule has 0 saturated carbocycles. The van der Waals surface area contributed by atoms with Gasteiger partial charge in [-0.1, -0.05) is 140 Å². The number of aromatic nitrogens is 1. The second-order valence-corrected chi connectivity index (χ2v) is 11.7. The molecule has 1 aromatic heterocycles. The monoisotopic (exact) mass is 559 g/mol. The lowest BCUT2D eigenvalue weighted by atomic mass is 9.87. The van der Waals surface area contributed by atoms with Crippen molar-refractivity contribution in [1.29, 1.82) is 0 Å². The zero-order valence-corrected chi connectivity index (χ0v) is 24.2. The quantitative estimate of drug-likeness (QED) is 0.202. The minimum Gasteiger partial charge on any atom is -0.309 e. The van der Waals surface area contributed by atoms with E-state index in [9.17, 15) is 0 Å². The van der Waals surface area contributed by atoms with E-state index in [1.807, 2.05) is 0 Å². The highest BCUT2D eigenvalue weighted by atomic mass is 15.0. The van der Waals surface area contributed by atoms with Gasteiger partial charge in [0.15, 0.2) is 0 Å². The smallest absolute Gasteiger partial charge is 0.0547 e. The van der Waals surface area contributed by atoms with Gasteiger partial charge in [0.1, 0.15) is 0 Å². The van der Waals surface area contributed by atoms with Gasteiger partial charge in [-0.2, -0.15) is 0 Å². The molecular weight excluding hydrogens is 530 g/mol. The van der Waals surface area contributed by atoms with E-state index < -0.39 is 0 Å². The van der Waals surface area contributed by atoms with Gasteiger partial charge in [0.05, 0.1) is 11.0 Å². The van der Waals surface area contributed by atoms with E-state index in [2.05, 4.69) is 174 Å². The van der Waals surface area contributed by atoms with Crippen LogP contribution in [0.4, 0.5) is 0 Å². The van der Waals surface area contributed by atoms with Gasteiger partial charge < -0.3 is 4.57 Å². The first kappa shape index (κ1) is 24.9. The molecule has 0 bridgehead atoms. The van der Waals surface area contributed by atoms with Crippen molar-refractivity contribution in [3.05, 3.63) is 187 Å². The van der Waals surface area contributed by atoms with Gasteiger partial charge in [-0.15, -0.1) is 0 Å². The first-order valence-electron chi connectivity index (χ1n) is 15.3. The molecule has 0 radical (unpaired) electrons. The molecule has 0 amide bonds. The normalized spacial score (nSPS) is 13.7. The SMILES string of the molecule is c1ccc(-c2cccc(C3c4ccccc4-c4cc(-c5ccc6c7ccccc7n(-c7ccccc7)c6c5)ccc43)c2)cc1. The summed E-state index contributed by atoms with van der Waals surface area (Å²) in [6.07, 6.45) is 0. The molecule has 1 aliphatic carbocycles. The van der Waals surface area contributed by atoms with E-state index in [0.717, 1.165) is 0 Å². The summed E-state index contributed by atoms with van der Waals surface area (Å²) < 4.78 is 2.40.